The molecular formula is C18H38O3S. The van der Waals surface area contributed by atoms with Gasteiger partial charge in [-0.3, -0.25) is 4.18 Å². The van der Waals surface area contributed by atoms with Gasteiger partial charge in [0.15, 0.2) is 0 Å². The lowest BCUT2D eigenvalue weighted by atomic mass is 10.1. The molecular weight excluding hydrogens is 296 g/mol. The van der Waals surface area contributed by atoms with Crippen LogP contribution in [0.5, 0.6) is 0 Å². The SMILES string of the molecule is CCCCCCCCCOS(=O)(=O)CCCCCCCCC. The van der Waals surface area contributed by atoms with Crippen LogP contribution in [-0.2, 0) is 14.3 Å². The van der Waals surface area contributed by atoms with E-state index in [2.05, 4.69) is 13.8 Å². The molecule has 0 saturated carbocycles. The highest BCUT2D eigenvalue weighted by Crippen LogP contribution is 2.10. The monoisotopic (exact) mass is 334 g/mol. The molecule has 0 bridgehead atoms. The van der Waals surface area contributed by atoms with E-state index in [1.807, 2.05) is 0 Å². The normalized spacial score (nSPS) is 11.9. The molecule has 0 saturated heterocycles. The van der Waals surface area contributed by atoms with Gasteiger partial charge in [0.25, 0.3) is 10.1 Å². The van der Waals surface area contributed by atoms with E-state index in [-0.39, 0.29) is 5.75 Å². The number of rotatable bonds is 17. The maximum atomic E-state index is 11.7. The molecule has 0 aliphatic carbocycles. The highest BCUT2D eigenvalue weighted by molar-refractivity contribution is 7.86. The van der Waals surface area contributed by atoms with Gasteiger partial charge in [0.05, 0.1) is 12.4 Å². The maximum Gasteiger partial charge on any atom is 0.267 e. The van der Waals surface area contributed by atoms with Crippen LogP contribution in [0.1, 0.15) is 104 Å². The van der Waals surface area contributed by atoms with Crippen LogP contribution in [0.2, 0.25) is 0 Å². The van der Waals surface area contributed by atoms with Gasteiger partial charge in [-0.25, -0.2) is 0 Å². The second-order valence-corrected chi connectivity index (χ2v) is 8.09. The van der Waals surface area contributed by atoms with Gasteiger partial charge < -0.3 is 0 Å². The number of unbranched alkanes of at least 4 members (excludes halogenated alkanes) is 12. The van der Waals surface area contributed by atoms with Crippen LogP contribution in [0, 0.1) is 0 Å². The average molecular weight is 335 g/mol. The van der Waals surface area contributed by atoms with Gasteiger partial charge in [-0.05, 0) is 12.8 Å². The quantitative estimate of drug-likeness (QED) is 0.248. The summed E-state index contributed by atoms with van der Waals surface area (Å²) in [7, 11) is -3.28. The largest absolute Gasteiger partial charge is 0.270 e. The smallest absolute Gasteiger partial charge is 0.267 e. The molecule has 0 fully saturated rings. The molecule has 0 aliphatic rings. The summed E-state index contributed by atoms with van der Waals surface area (Å²) in [6.45, 7) is 4.78. The zero-order chi connectivity index (χ0) is 16.5. The highest BCUT2D eigenvalue weighted by Gasteiger charge is 2.10. The van der Waals surface area contributed by atoms with Crippen molar-refractivity contribution in [3.8, 4) is 0 Å². The van der Waals surface area contributed by atoms with E-state index in [0.29, 0.717) is 6.61 Å². The molecule has 22 heavy (non-hydrogen) atoms. The Morgan fingerprint density at radius 3 is 1.50 bits per heavy atom. The zero-order valence-corrected chi connectivity index (χ0v) is 15.8. The molecule has 0 spiro atoms. The Hall–Kier alpha value is -0.0900. The zero-order valence-electron chi connectivity index (χ0n) is 14.9. The molecule has 0 unspecified atom stereocenters. The van der Waals surface area contributed by atoms with Crippen LogP contribution in [0.3, 0.4) is 0 Å². The predicted octanol–water partition coefficient (Wildman–Crippen LogP) is 5.83. The van der Waals surface area contributed by atoms with Crippen LogP contribution in [0.15, 0.2) is 0 Å². The Kier molecular flexibility index (Phi) is 15.7. The third-order valence-corrected chi connectivity index (χ3v) is 5.32. The van der Waals surface area contributed by atoms with Crippen molar-refractivity contribution in [2.75, 3.05) is 12.4 Å². The standard InChI is InChI=1S/C18H38O3S/c1-3-5-7-9-11-13-15-17-21-22(19,20)18-16-14-12-10-8-6-4-2/h3-18H2,1-2H3. The Balaban J connectivity index is 3.38. The lowest BCUT2D eigenvalue weighted by Gasteiger charge is -2.06. The van der Waals surface area contributed by atoms with Crippen molar-refractivity contribution in [1.29, 1.82) is 0 Å². The van der Waals surface area contributed by atoms with E-state index in [9.17, 15) is 8.42 Å². The molecule has 0 aromatic rings. The van der Waals surface area contributed by atoms with Gasteiger partial charge in [-0.1, -0.05) is 90.9 Å². The molecule has 0 N–H and O–H groups in total. The summed E-state index contributed by atoms with van der Waals surface area (Å²) in [5.41, 5.74) is 0. The van der Waals surface area contributed by atoms with Crippen LogP contribution in [0.25, 0.3) is 0 Å². The van der Waals surface area contributed by atoms with Crippen molar-refractivity contribution in [3.63, 3.8) is 0 Å². The van der Waals surface area contributed by atoms with E-state index in [1.165, 1.54) is 57.8 Å². The van der Waals surface area contributed by atoms with Crippen LogP contribution in [-0.4, -0.2) is 20.8 Å². The minimum Gasteiger partial charge on any atom is -0.270 e. The second-order valence-electron chi connectivity index (χ2n) is 6.33. The topological polar surface area (TPSA) is 43.4 Å². The molecule has 0 rings (SSSR count). The Morgan fingerprint density at radius 1 is 0.591 bits per heavy atom. The van der Waals surface area contributed by atoms with Crippen LogP contribution < -0.4 is 0 Å². The molecule has 4 heteroatoms. The first-order chi connectivity index (χ1) is 10.6. The predicted molar refractivity (Wildman–Crippen MR) is 95.7 cm³/mol. The van der Waals surface area contributed by atoms with E-state index < -0.39 is 10.1 Å². The summed E-state index contributed by atoms with van der Waals surface area (Å²) in [6.07, 6.45) is 16.2. The van der Waals surface area contributed by atoms with Crippen LogP contribution >= 0.6 is 0 Å². The average Bonchev–Trinajstić information content (AvgIpc) is 2.49. The summed E-state index contributed by atoms with van der Waals surface area (Å²) in [4.78, 5) is 0. The van der Waals surface area contributed by atoms with Crippen molar-refractivity contribution in [2.45, 2.75) is 104 Å². The molecule has 0 aliphatic heterocycles. The first-order valence-corrected chi connectivity index (χ1v) is 11.1. The van der Waals surface area contributed by atoms with Gasteiger partial charge in [0.1, 0.15) is 0 Å². The van der Waals surface area contributed by atoms with Crippen LogP contribution in [0.4, 0.5) is 0 Å². The Morgan fingerprint density at radius 2 is 1.00 bits per heavy atom. The van der Waals surface area contributed by atoms with Crippen molar-refractivity contribution in [2.24, 2.45) is 0 Å². The van der Waals surface area contributed by atoms with Crippen molar-refractivity contribution >= 4 is 10.1 Å². The molecule has 0 heterocycles. The Labute approximate surface area is 139 Å². The third kappa shape index (κ3) is 16.3. The van der Waals surface area contributed by atoms with Crippen molar-refractivity contribution in [1.82, 2.24) is 0 Å². The molecule has 0 radical (unpaired) electrons. The molecule has 0 aromatic heterocycles. The van der Waals surface area contributed by atoms with E-state index in [0.717, 1.165) is 32.1 Å². The first kappa shape index (κ1) is 21.9. The summed E-state index contributed by atoms with van der Waals surface area (Å²) in [5.74, 6) is 0.192. The van der Waals surface area contributed by atoms with Gasteiger partial charge in [0, 0.05) is 0 Å². The maximum absolute atomic E-state index is 11.7. The van der Waals surface area contributed by atoms with E-state index in [1.54, 1.807) is 0 Å². The third-order valence-electron chi connectivity index (χ3n) is 4.01. The molecule has 3 nitrogen and oxygen atoms in total. The molecule has 0 atom stereocenters. The second kappa shape index (κ2) is 15.8. The van der Waals surface area contributed by atoms with Gasteiger partial charge in [-0.15, -0.1) is 0 Å². The molecule has 0 amide bonds. The fourth-order valence-corrected chi connectivity index (χ4v) is 3.59. The van der Waals surface area contributed by atoms with Gasteiger partial charge in [0.2, 0.25) is 0 Å². The summed E-state index contributed by atoms with van der Waals surface area (Å²) >= 11 is 0. The number of hydrogen-bond donors (Lipinski definition) is 0. The summed E-state index contributed by atoms with van der Waals surface area (Å²) in [6, 6.07) is 0. The fourth-order valence-electron chi connectivity index (χ4n) is 2.54. The summed E-state index contributed by atoms with van der Waals surface area (Å²) in [5, 5.41) is 0. The lowest BCUT2D eigenvalue weighted by Crippen LogP contribution is -2.11. The number of hydrogen-bond acceptors (Lipinski definition) is 3. The Bertz CT molecular complexity index is 312. The minimum absolute atomic E-state index is 0.192. The van der Waals surface area contributed by atoms with E-state index >= 15 is 0 Å². The van der Waals surface area contributed by atoms with E-state index in [4.69, 9.17) is 4.18 Å². The molecule has 134 valence electrons. The molecule has 0 aromatic carbocycles. The first-order valence-electron chi connectivity index (χ1n) is 9.49. The fraction of sp³-hybridized carbons (Fsp3) is 1.00. The minimum atomic E-state index is -3.28. The van der Waals surface area contributed by atoms with Crippen molar-refractivity contribution < 1.29 is 12.6 Å². The highest BCUT2D eigenvalue weighted by atomic mass is 32.2. The lowest BCUT2D eigenvalue weighted by molar-refractivity contribution is 0.305. The van der Waals surface area contributed by atoms with Gasteiger partial charge >= 0.3 is 0 Å². The summed E-state index contributed by atoms with van der Waals surface area (Å²) < 4.78 is 28.5. The van der Waals surface area contributed by atoms with Gasteiger partial charge in [-0.2, -0.15) is 8.42 Å². The van der Waals surface area contributed by atoms with Crippen molar-refractivity contribution in [3.05, 3.63) is 0 Å².